The number of nitrogens with zero attached hydrogens (tertiary/aromatic N) is 2. The van der Waals surface area contributed by atoms with E-state index < -0.39 is 0 Å². The number of nitrogens with one attached hydrogen (secondary N) is 1. The second-order valence-corrected chi connectivity index (χ2v) is 7.71. The lowest BCUT2D eigenvalue weighted by Crippen LogP contribution is -2.52. The van der Waals surface area contributed by atoms with Crippen LogP contribution >= 0.6 is 0 Å². The highest BCUT2D eigenvalue weighted by Crippen LogP contribution is 2.30. The van der Waals surface area contributed by atoms with Crippen LogP contribution < -0.4 is 5.32 Å². The molecule has 0 amide bonds. The molecule has 0 spiro atoms. The molecule has 1 N–H and O–H groups in total. The lowest BCUT2D eigenvalue weighted by molar-refractivity contribution is 0.0554. The Morgan fingerprint density at radius 1 is 1.22 bits per heavy atom. The molecule has 1 saturated heterocycles. The van der Waals surface area contributed by atoms with Gasteiger partial charge in [0.1, 0.15) is 0 Å². The van der Waals surface area contributed by atoms with Crippen molar-refractivity contribution in [1.29, 1.82) is 0 Å². The van der Waals surface area contributed by atoms with Crippen LogP contribution in [0.15, 0.2) is 0 Å². The van der Waals surface area contributed by atoms with Gasteiger partial charge in [-0.05, 0) is 53.2 Å². The van der Waals surface area contributed by atoms with Gasteiger partial charge in [-0.2, -0.15) is 0 Å². The van der Waals surface area contributed by atoms with Crippen molar-refractivity contribution in [3.63, 3.8) is 0 Å². The van der Waals surface area contributed by atoms with Crippen LogP contribution in [0.3, 0.4) is 0 Å². The van der Waals surface area contributed by atoms with E-state index in [1.165, 1.54) is 26.1 Å². The Bertz CT molecular complexity index is 255. The fourth-order valence-electron chi connectivity index (χ4n) is 3.24. The van der Waals surface area contributed by atoms with E-state index in [9.17, 15) is 0 Å². The average Bonchev–Trinajstić information content (AvgIpc) is 2.29. The highest BCUT2D eigenvalue weighted by molar-refractivity contribution is 4.92. The van der Waals surface area contributed by atoms with Gasteiger partial charge in [0.25, 0.3) is 0 Å². The molecule has 1 fully saturated rings. The maximum Gasteiger partial charge on any atom is 0.0240 e. The predicted octanol–water partition coefficient (Wildman–Crippen LogP) is 2.04. The average molecular weight is 255 g/mol. The highest BCUT2D eigenvalue weighted by Gasteiger charge is 2.37. The fraction of sp³-hybridized carbons (Fsp3) is 1.00. The van der Waals surface area contributed by atoms with Crippen LogP contribution in [0.5, 0.6) is 0 Å². The van der Waals surface area contributed by atoms with Gasteiger partial charge < -0.3 is 10.2 Å². The first kappa shape index (κ1) is 15.9. The van der Waals surface area contributed by atoms with Crippen molar-refractivity contribution in [3.8, 4) is 0 Å². The SMILES string of the molecule is CNCCC1CN(C)CC(C)(C)CN1C(C)(C)C. The second-order valence-electron chi connectivity index (χ2n) is 7.71. The molecule has 1 aliphatic heterocycles. The van der Waals surface area contributed by atoms with Crippen LogP contribution in [-0.2, 0) is 0 Å². The third-order valence-electron chi connectivity index (χ3n) is 3.85. The summed E-state index contributed by atoms with van der Waals surface area (Å²) in [6, 6.07) is 0.657. The molecule has 1 heterocycles. The third-order valence-corrected chi connectivity index (χ3v) is 3.85. The van der Waals surface area contributed by atoms with Gasteiger partial charge in [-0.3, -0.25) is 4.90 Å². The molecule has 0 saturated carbocycles. The second kappa shape index (κ2) is 5.89. The van der Waals surface area contributed by atoms with E-state index in [0.717, 1.165) is 6.54 Å². The minimum Gasteiger partial charge on any atom is -0.320 e. The summed E-state index contributed by atoms with van der Waals surface area (Å²) in [5.74, 6) is 0. The molecule has 0 radical (unpaired) electrons. The zero-order valence-corrected chi connectivity index (χ0v) is 13.5. The van der Waals surface area contributed by atoms with Gasteiger partial charge in [0.15, 0.2) is 0 Å². The maximum absolute atomic E-state index is 3.30. The molecule has 1 aliphatic rings. The van der Waals surface area contributed by atoms with Gasteiger partial charge in [0.2, 0.25) is 0 Å². The van der Waals surface area contributed by atoms with Crippen LogP contribution in [0.25, 0.3) is 0 Å². The van der Waals surface area contributed by atoms with Crippen molar-refractivity contribution >= 4 is 0 Å². The Hall–Kier alpha value is -0.120. The Balaban J connectivity index is 2.88. The number of likely N-dealkylation sites (N-methyl/N-ethyl adjacent to an activating group) is 1. The normalized spacial score (nSPS) is 27.2. The van der Waals surface area contributed by atoms with E-state index in [2.05, 4.69) is 56.8 Å². The van der Waals surface area contributed by atoms with Gasteiger partial charge in [0, 0.05) is 31.2 Å². The van der Waals surface area contributed by atoms with Gasteiger partial charge in [-0.1, -0.05) is 13.8 Å². The summed E-state index contributed by atoms with van der Waals surface area (Å²) in [7, 11) is 4.31. The smallest absolute Gasteiger partial charge is 0.0240 e. The topological polar surface area (TPSA) is 18.5 Å². The van der Waals surface area contributed by atoms with Gasteiger partial charge in [-0.25, -0.2) is 0 Å². The molecular weight excluding hydrogens is 222 g/mol. The van der Waals surface area contributed by atoms with Crippen LogP contribution in [0, 0.1) is 5.41 Å². The lowest BCUT2D eigenvalue weighted by atomic mass is 9.90. The summed E-state index contributed by atoms with van der Waals surface area (Å²) >= 11 is 0. The standard InChI is InChI=1S/C15H33N3/c1-14(2,3)18-12-15(4,5)11-17(7)10-13(18)8-9-16-6/h13,16H,8-12H2,1-7H3. The number of hydrogen-bond acceptors (Lipinski definition) is 3. The van der Waals surface area contributed by atoms with E-state index in [1.807, 2.05) is 7.05 Å². The summed E-state index contributed by atoms with van der Waals surface area (Å²) < 4.78 is 0. The summed E-state index contributed by atoms with van der Waals surface area (Å²) in [4.78, 5) is 5.22. The van der Waals surface area contributed by atoms with Crippen LogP contribution in [0.4, 0.5) is 0 Å². The largest absolute Gasteiger partial charge is 0.320 e. The Morgan fingerprint density at radius 3 is 2.33 bits per heavy atom. The molecule has 0 aliphatic carbocycles. The summed E-state index contributed by atoms with van der Waals surface area (Å²) in [5.41, 5.74) is 0.622. The summed E-state index contributed by atoms with van der Waals surface area (Å²) in [6.45, 7) is 16.5. The molecule has 0 bridgehead atoms. The molecule has 1 rings (SSSR count). The molecular formula is C15H33N3. The quantitative estimate of drug-likeness (QED) is 0.832. The van der Waals surface area contributed by atoms with E-state index in [0.29, 0.717) is 11.5 Å². The van der Waals surface area contributed by atoms with Crippen LogP contribution in [0.2, 0.25) is 0 Å². The fourth-order valence-corrected chi connectivity index (χ4v) is 3.24. The summed E-state index contributed by atoms with van der Waals surface area (Å²) in [5, 5.41) is 3.30. The molecule has 3 heteroatoms. The molecule has 18 heavy (non-hydrogen) atoms. The molecule has 1 atom stereocenters. The minimum absolute atomic E-state index is 0.251. The number of hydrogen-bond donors (Lipinski definition) is 1. The zero-order valence-electron chi connectivity index (χ0n) is 13.5. The Labute approximate surface area is 114 Å². The van der Waals surface area contributed by atoms with Gasteiger partial charge in [0.05, 0.1) is 0 Å². The molecule has 0 aromatic rings. The van der Waals surface area contributed by atoms with Crippen molar-refractivity contribution in [2.24, 2.45) is 5.41 Å². The molecule has 0 aromatic heterocycles. The first-order valence-corrected chi connectivity index (χ1v) is 7.25. The van der Waals surface area contributed by atoms with Crippen molar-refractivity contribution in [2.75, 3.05) is 40.3 Å². The first-order chi connectivity index (χ1) is 8.15. The van der Waals surface area contributed by atoms with Gasteiger partial charge in [-0.15, -0.1) is 0 Å². The molecule has 108 valence electrons. The lowest BCUT2D eigenvalue weighted by Gasteiger charge is -2.43. The Morgan fingerprint density at radius 2 is 1.83 bits per heavy atom. The van der Waals surface area contributed by atoms with Crippen molar-refractivity contribution in [1.82, 2.24) is 15.1 Å². The number of rotatable bonds is 3. The first-order valence-electron chi connectivity index (χ1n) is 7.25. The Kier molecular flexibility index (Phi) is 5.22. The maximum atomic E-state index is 3.30. The van der Waals surface area contributed by atoms with E-state index in [1.54, 1.807) is 0 Å². The third kappa shape index (κ3) is 4.52. The minimum atomic E-state index is 0.251. The zero-order chi connectivity index (χ0) is 14.0. The van der Waals surface area contributed by atoms with E-state index in [-0.39, 0.29) is 5.54 Å². The van der Waals surface area contributed by atoms with Gasteiger partial charge >= 0.3 is 0 Å². The highest BCUT2D eigenvalue weighted by atomic mass is 15.3. The monoisotopic (exact) mass is 255 g/mol. The van der Waals surface area contributed by atoms with Crippen molar-refractivity contribution < 1.29 is 0 Å². The van der Waals surface area contributed by atoms with Crippen molar-refractivity contribution in [2.45, 2.75) is 52.6 Å². The molecule has 1 unspecified atom stereocenters. The summed E-state index contributed by atoms with van der Waals surface area (Å²) in [6.07, 6.45) is 1.23. The molecule has 0 aromatic carbocycles. The molecule has 3 nitrogen and oxygen atoms in total. The van der Waals surface area contributed by atoms with Crippen molar-refractivity contribution in [3.05, 3.63) is 0 Å². The predicted molar refractivity (Wildman–Crippen MR) is 80.1 cm³/mol. The van der Waals surface area contributed by atoms with E-state index in [4.69, 9.17) is 0 Å². The van der Waals surface area contributed by atoms with E-state index >= 15 is 0 Å². The van der Waals surface area contributed by atoms with Crippen LogP contribution in [0.1, 0.15) is 41.0 Å². The van der Waals surface area contributed by atoms with Crippen LogP contribution in [-0.4, -0.2) is 61.7 Å².